The summed E-state index contributed by atoms with van der Waals surface area (Å²) in [6.45, 7) is 3.53. The summed E-state index contributed by atoms with van der Waals surface area (Å²) in [5, 5.41) is 11.1. The zero-order valence-electron chi connectivity index (χ0n) is 9.85. The smallest absolute Gasteiger partial charge is 0.373 e. The van der Waals surface area contributed by atoms with Crippen molar-refractivity contribution in [2.24, 2.45) is 0 Å². The third-order valence-electron chi connectivity index (χ3n) is 2.05. The molecule has 0 aliphatic carbocycles. The van der Waals surface area contributed by atoms with Crippen molar-refractivity contribution in [3.05, 3.63) is 35.2 Å². The van der Waals surface area contributed by atoms with Crippen molar-refractivity contribution < 1.29 is 9.66 Å². The van der Waals surface area contributed by atoms with E-state index in [1.807, 2.05) is 0 Å². The standard InChI is InChI=1S/C10H11N5O3/c1-7(2)18-10-8(15(16)17)9(12-5-13-10)14-4-3-11-6-14/h3-7H,1-2H3. The minimum absolute atomic E-state index is 0.0475. The van der Waals surface area contributed by atoms with Gasteiger partial charge in [-0.05, 0) is 13.8 Å². The van der Waals surface area contributed by atoms with E-state index in [2.05, 4.69) is 15.0 Å². The normalized spacial score (nSPS) is 10.6. The summed E-state index contributed by atoms with van der Waals surface area (Å²) < 4.78 is 6.76. The van der Waals surface area contributed by atoms with E-state index in [-0.39, 0.29) is 23.5 Å². The number of imidazole rings is 1. The van der Waals surface area contributed by atoms with Gasteiger partial charge in [-0.3, -0.25) is 14.7 Å². The lowest BCUT2D eigenvalue weighted by Gasteiger charge is -2.10. The Morgan fingerprint density at radius 3 is 2.78 bits per heavy atom. The quantitative estimate of drug-likeness (QED) is 0.599. The van der Waals surface area contributed by atoms with Crippen molar-refractivity contribution in [2.75, 3.05) is 0 Å². The number of rotatable bonds is 4. The van der Waals surface area contributed by atoms with Crippen LogP contribution in [-0.4, -0.2) is 30.5 Å². The highest BCUT2D eigenvalue weighted by Crippen LogP contribution is 2.29. The Bertz CT molecular complexity index is 553. The molecule has 0 aliphatic rings. The van der Waals surface area contributed by atoms with E-state index in [9.17, 15) is 10.1 Å². The van der Waals surface area contributed by atoms with Crippen LogP contribution in [0.15, 0.2) is 25.0 Å². The highest BCUT2D eigenvalue weighted by Gasteiger charge is 2.26. The van der Waals surface area contributed by atoms with Crippen molar-refractivity contribution >= 4 is 5.69 Å². The molecule has 2 rings (SSSR count). The molecule has 0 unspecified atom stereocenters. The van der Waals surface area contributed by atoms with E-state index < -0.39 is 4.92 Å². The van der Waals surface area contributed by atoms with Crippen molar-refractivity contribution in [3.63, 3.8) is 0 Å². The molecule has 0 fully saturated rings. The van der Waals surface area contributed by atoms with Gasteiger partial charge in [0.1, 0.15) is 12.7 Å². The first kappa shape index (κ1) is 12.0. The van der Waals surface area contributed by atoms with Gasteiger partial charge >= 0.3 is 5.69 Å². The van der Waals surface area contributed by atoms with Crippen LogP contribution >= 0.6 is 0 Å². The monoisotopic (exact) mass is 249 g/mol. The number of hydrogen-bond acceptors (Lipinski definition) is 6. The van der Waals surface area contributed by atoms with Gasteiger partial charge in [-0.15, -0.1) is 0 Å². The lowest BCUT2D eigenvalue weighted by atomic mass is 10.4. The summed E-state index contributed by atoms with van der Waals surface area (Å²) in [5.41, 5.74) is -0.274. The van der Waals surface area contributed by atoms with Gasteiger partial charge in [0, 0.05) is 12.4 Å². The van der Waals surface area contributed by atoms with Crippen LogP contribution in [0.25, 0.3) is 5.82 Å². The van der Waals surface area contributed by atoms with E-state index in [0.717, 1.165) is 0 Å². The van der Waals surface area contributed by atoms with Crippen LogP contribution in [0.5, 0.6) is 5.88 Å². The Hall–Kier alpha value is -2.51. The van der Waals surface area contributed by atoms with Gasteiger partial charge in [-0.2, -0.15) is 4.98 Å². The highest BCUT2D eigenvalue weighted by molar-refractivity contribution is 5.53. The van der Waals surface area contributed by atoms with Gasteiger partial charge in [0.25, 0.3) is 5.88 Å². The minimum Gasteiger partial charge on any atom is -0.470 e. The molecule has 0 bridgehead atoms. The predicted molar refractivity (Wildman–Crippen MR) is 61.6 cm³/mol. The second-order valence-corrected chi connectivity index (χ2v) is 3.74. The van der Waals surface area contributed by atoms with Crippen LogP contribution in [0.2, 0.25) is 0 Å². The molecule has 0 aromatic carbocycles. The maximum absolute atomic E-state index is 11.1. The van der Waals surface area contributed by atoms with E-state index in [0.29, 0.717) is 0 Å². The topological polar surface area (TPSA) is 96.0 Å². The van der Waals surface area contributed by atoms with Crippen molar-refractivity contribution in [2.45, 2.75) is 20.0 Å². The summed E-state index contributed by atoms with van der Waals surface area (Å²) in [7, 11) is 0. The molecular weight excluding hydrogens is 238 g/mol. The Morgan fingerprint density at radius 2 is 2.22 bits per heavy atom. The number of nitro groups is 1. The second kappa shape index (κ2) is 4.78. The summed E-state index contributed by atoms with van der Waals surface area (Å²) in [5.74, 6) is 0.0804. The van der Waals surface area contributed by atoms with Crippen LogP contribution in [0.1, 0.15) is 13.8 Å². The van der Waals surface area contributed by atoms with Crippen LogP contribution < -0.4 is 4.74 Å². The summed E-state index contributed by atoms with van der Waals surface area (Å²) >= 11 is 0. The average Bonchev–Trinajstić information content (AvgIpc) is 2.80. The molecule has 8 nitrogen and oxygen atoms in total. The van der Waals surface area contributed by atoms with E-state index in [1.165, 1.54) is 23.4 Å². The average molecular weight is 249 g/mol. The molecule has 0 amide bonds. The zero-order chi connectivity index (χ0) is 13.1. The molecule has 18 heavy (non-hydrogen) atoms. The van der Waals surface area contributed by atoms with Gasteiger partial charge in [0.15, 0.2) is 0 Å². The first-order valence-electron chi connectivity index (χ1n) is 5.24. The molecule has 2 aromatic rings. The largest absolute Gasteiger partial charge is 0.470 e. The van der Waals surface area contributed by atoms with E-state index in [4.69, 9.17) is 4.74 Å². The van der Waals surface area contributed by atoms with Crippen LogP contribution in [0.4, 0.5) is 5.69 Å². The van der Waals surface area contributed by atoms with Gasteiger partial charge in [-0.1, -0.05) is 0 Å². The number of nitrogens with zero attached hydrogens (tertiary/aromatic N) is 5. The predicted octanol–water partition coefficient (Wildman–Crippen LogP) is 1.36. The first-order chi connectivity index (χ1) is 8.59. The molecule has 2 aromatic heterocycles. The Balaban J connectivity index is 2.56. The molecule has 0 spiro atoms. The lowest BCUT2D eigenvalue weighted by molar-refractivity contribution is -0.386. The first-order valence-corrected chi connectivity index (χ1v) is 5.24. The lowest BCUT2D eigenvalue weighted by Crippen LogP contribution is -2.11. The van der Waals surface area contributed by atoms with Gasteiger partial charge in [0.2, 0.25) is 5.82 Å². The molecular formula is C10H11N5O3. The molecule has 0 aliphatic heterocycles. The van der Waals surface area contributed by atoms with E-state index in [1.54, 1.807) is 20.0 Å². The summed E-state index contributed by atoms with van der Waals surface area (Å²) in [6, 6.07) is 0. The Morgan fingerprint density at radius 1 is 1.44 bits per heavy atom. The SMILES string of the molecule is CC(C)Oc1ncnc(-n2ccnc2)c1[N+](=O)[O-]. The van der Waals surface area contributed by atoms with Gasteiger partial charge < -0.3 is 4.74 Å². The molecule has 0 saturated carbocycles. The van der Waals surface area contributed by atoms with Crippen molar-refractivity contribution in [1.82, 2.24) is 19.5 Å². The third kappa shape index (κ3) is 2.26. The third-order valence-corrected chi connectivity index (χ3v) is 2.05. The van der Waals surface area contributed by atoms with Crippen molar-refractivity contribution in [3.8, 4) is 11.7 Å². The fourth-order valence-electron chi connectivity index (χ4n) is 1.40. The molecule has 94 valence electrons. The van der Waals surface area contributed by atoms with Gasteiger partial charge in [-0.25, -0.2) is 9.97 Å². The summed E-state index contributed by atoms with van der Waals surface area (Å²) in [4.78, 5) is 22.1. The molecule has 0 atom stereocenters. The molecule has 8 heteroatoms. The number of aromatic nitrogens is 4. The second-order valence-electron chi connectivity index (χ2n) is 3.74. The Kier molecular flexibility index (Phi) is 3.18. The minimum atomic E-state index is -0.562. The molecule has 0 N–H and O–H groups in total. The fraction of sp³-hybridized carbons (Fsp3) is 0.300. The number of hydrogen-bond donors (Lipinski definition) is 0. The molecule has 0 saturated heterocycles. The van der Waals surface area contributed by atoms with E-state index >= 15 is 0 Å². The maximum atomic E-state index is 11.1. The van der Waals surface area contributed by atoms with Crippen molar-refractivity contribution in [1.29, 1.82) is 0 Å². The number of ether oxygens (including phenoxy) is 1. The highest BCUT2D eigenvalue weighted by atomic mass is 16.6. The maximum Gasteiger partial charge on any atom is 0.373 e. The van der Waals surface area contributed by atoms with Crippen LogP contribution in [0.3, 0.4) is 0 Å². The zero-order valence-corrected chi connectivity index (χ0v) is 9.85. The van der Waals surface area contributed by atoms with Crippen LogP contribution in [0, 0.1) is 10.1 Å². The Labute approximate surface area is 102 Å². The molecule has 0 radical (unpaired) electrons. The molecule has 2 heterocycles. The summed E-state index contributed by atoms with van der Waals surface area (Å²) in [6.07, 6.45) is 5.51. The fourth-order valence-corrected chi connectivity index (χ4v) is 1.40. The van der Waals surface area contributed by atoms with Crippen LogP contribution in [-0.2, 0) is 0 Å². The van der Waals surface area contributed by atoms with Gasteiger partial charge in [0.05, 0.1) is 11.0 Å².